The van der Waals surface area contributed by atoms with Crippen molar-refractivity contribution in [3.63, 3.8) is 0 Å². The van der Waals surface area contributed by atoms with Gasteiger partial charge in [-0.05, 0) is 46.3 Å². The fourth-order valence-electron chi connectivity index (χ4n) is 2.64. The van der Waals surface area contributed by atoms with Gasteiger partial charge in [0, 0.05) is 18.8 Å². The summed E-state index contributed by atoms with van der Waals surface area (Å²) in [5.74, 6) is 1.54. The standard InChI is InChI=1S/C16H19BrN4/c1-2-7-18-16-19-10-14(17)15(21-16)20-13-8-11-5-3-4-6-12(11)9-13/h3-6,10,13H,2,7-9H2,1H3,(H2,18,19,20,21). The minimum Gasteiger partial charge on any atom is -0.366 e. The molecular weight excluding hydrogens is 328 g/mol. The van der Waals surface area contributed by atoms with Crippen LogP contribution in [-0.4, -0.2) is 22.6 Å². The average molecular weight is 347 g/mol. The SMILES string of the molecule is CCCNc1ncc(Br)c(NC2Cc3ccccc3C2)n1. The number of anilines is 2. The third-order valence-corrected chi connectivity index (χ3v) is 4.25. The number of nitrogens with one attached hydrogen (secondary N) is 2. The highest BCUT2D eigenvalue weighted by Gasteiger charge is 2.21. The maximum Gasteiger partial charge on any atom is 0.224 e. The van der Waals surface area contributed by atoms with Crippen LogP contribution < -0.4 is 10.6 Å². The lowest BCUT2D eigenvalue weighted by Gasteiger charge is -2.15. The molecule has 1 heterocycles. The zero-order valence-electron chi connectivity index (χ0n) is 12.1. The molecule has 0 amide bonds. The number of rotatable bonds is 5. The number of halogens is 1. The first-order chi connectivity index (χ1) is 10.3. The van der Waals surface area contributed by atoms with E-state index < -0.39 is 0 Å². The van der Waals surface area contributed by atoms with Gasteiger partial charge in [0.2, 0.25) is 5.95 Å². The number of fused-ring (bicyclic) bond motifs is 1. The molecule has 0 saturated heterocycles. The monoisotopic (exact) mass is 346 g/mol. The fraction of sp³-hybridized carbons (Fsp3) is 0.375. The van der Waals surface area contributed by atoms with Crippen molar-refractivity contribution in [2.75, 3.05) is 17.2 Å². The second-order valence-corrected chi connectivity index (χ2v) is 6.19. The average Bonchev–Trinajstić information content (AvgIpc) is 2.90. The molecule has 2 N–H and O–H groups in total. The van der Waals surface area contributed by atoms with Gasteiger partial charge in [-0.1, -0.05) is 31.2 Å². The third-order valence-electron chi connectivity index (χ3n) is 3.67. The van der Waals surface area contributed by atoms with E-state index in [0.29, 0.717) is 12.0 Å². The number of hydrogen-bond donors (Lipinski definition) is 2. The molecule has 0 atom stereocenters. The zero-order chi connectivity index (χ0) is 14.7. The van der Waals surface area contributed by atoms with Crippen molar-refractivity contribution in [3.05, 3.63) is 46.1 Å². The van der Waals surface area contributed by atoms with Crippen molar-refractivity contribution >= 4 is 27.7 Å². The van der Waals surface area contributed by atoms with Gasteiger partial charge in [-0.25, -0.2) is 4.98 Å². The molecule has 21 heavy (non-hydrogen) atoms. The van der Waals surface area contributed by atoms with Crippen LogP contribution in [0.2, 0.25) is 0 Å². The van der Waals surface area contributed by atoms with Crippen LogP contribution in [0.1, 0.15) is 24.5 Å². The Morgan fingerprint density at radius 1 is 1.24 bits per heavy atom. The van der Waals surface area contributed by atoms with E-state index in [9.17, 15) is 0 Å². The highest BCUT2D eigenvalue weighted by atomic mass is 79.9. The molecule has 1 aromatic heterocycles. The molecule has 0 radical (unpaired) electrons. The van der Waals surface area contributed by atoms with Crippen LogP contribution in [0.4, 0.5) is 11.8 Å². The Bertz CT molecular complexity index is 604. The molecular formula is C16H19BrN4. The summed E-state index contributed by atoms with van der Waals surface area (Å²) in [6, 6.07) is 9.02. The molecule has 4 nitrogen and oxygen atoms in total. The number of aromatic nitrogens is 2. The van der Waals surface area contributed by atoms with E-state index in [-0.39, 0.29) is 0 Å². The van der Waals surface area contributed by atoms with Crippen molar-refractivity contribution in [1.82, 2.24) is 9.97 Å². The highest BCUT2D eigenvalue weighted by molar-refractivity contribution is 9.10. The van der Waals surface area contributed by atoms with E-state index in [1.807, 2.05) is 0 Å². The Balaban J connectivity index is 1.71. The Hall–Kier alpha value is -1.62. The largest absolute Gasteiger partial charge is 0.366 e. The summed E-state index contributed by atoms with van der Waals surface area (Å²) in [4.78, 5) is 8.84. The van der Waals surface area contributed by atoms with Gasteiger partial charge in [-0.3, -0.25) is 0 Å². The number of benzene rings is 1. The van der Waals surface area contributed by atoms with E-state index in [4.69, 9.17) is 0 Å². The van der Waals surface area contributed by atoms with E-state index >= 15 is 0 Å². The van der Waals surface area contributed by atoms with Crippen LogP contribution in [0.15, 0.2) is 34.9 Å². The molecule has 1 aromatic carbocycles. The first-order valence-electron chi connectivity index (χ1n) is 7.36. The van der Waals surface area contributed by atoms with Crippen LogP contribution in [0.25, 0.3) is 0 Å². The van der Waals surface area contributed by atoms with Crippen LogP contribution in [0.5, 0.6) is 0 Å². The lowest BCUT2D eigenvalue weighted by Crippen LogP contribution is -2.21. The number of nitrogens with zero attached hydrogens (tertiary/aromatic N) is 2. The van der Waals surface area contributed by atoms with Gasteiger partial charge in [-0.2, -0.15) is 4.98 Å². The molecule has 3 rings (SSSR count). The van der Waals surface area contributed by atoms with Gasteiger partial charge < -0.3 is 10.6 Å². The van der Waals surface area contributed by atoms with Gasteiger partial charge in [-0.15, -0.1) is 0 Å². The topological polar surface area (TPSA) is 49.8 Å². The molecule has 0 aliphatic heterocycles. The Morgan fingerprint density at radius 3 is 2.62 bits per heavy atom. The van der Waals surface area contributed by atoms with E-state index in [1.165, 1.54) is 11.1 Å². The molecule has 2 aromatic rings. The molecule has 5 heteroatoms. The summed E-state index contributed by atoms with van der Waals surface area (Å²) in [6.45, 7) is 3.01. The predicted octanol–water partition coefficient (Wildman–Crippen LogP) is 3.64. The first kappa shape index (κ1) is 14.3. The number of hydrogen-bond acceptors (Lipinski definition) is 4. The quantitative estimate of drug-likeness (QED) is 0.867. The molecule has 0 fully saturated rings. The molecule has 0 spiro atoms. The van der Waals surface area contributed by atoms with Gasteiger partial charge in [0.15, 0.2) is 0 Å². The van der Waals surface area contributed by atoms with Crippen LogP contribution in [0, 0.1) is 0 Å². The minimum atomic E-state index is 0.396. The molecule has 1 aliphatic rings. The first-order valence-corrected chi connectivity index (χ1v) is 8.15. The van der Waals surface area contributed by atoms with Crippen LogP contribution >= 0.6 is 15.9 Å². The molecule has 0 unspecified atom stereocenters. The van der Waals surface area contributed by atoms with Crippen molar-refractivity contribution < 1.29 is 0 Å². The van der Waals surface area contributed by atoms with Crippen molar-refractivity contribution in [2.45, 2.75) is 32.2 Å². The molecule has 110 valence electrons. The summed E-state index contributed by atoms with van der Waals surface area (Å²) in [6.07, 6.45) is 4.95. The van der Waals surface area contributed by atoms with E-state index in [0.717, 1.165) is 36.1 Å². The molecule has 1 aliphatic carbocycles. The second-order valence-electron chi connectivity index (χ2n) is 5.34. The van der Waals surface area contributed by atoms with Crippen molar-refractivity contribution in [1.29, 1.82) is 0 Å². The normalized spacial score (nSPS) is 14.0. The predicted molar refractivity (Wildman–Crippen MR) is 89.8 cm³/mol. The van der Waals surface area contributed by atoms with Gasteiger partial charge in [0.25, 0.3) is 0 Å². The highest BCUT2D eigenvalue weighted by Crippen LogP contribution is 2.27. The van der Waals surface area contributed by atoms with Gasteiger partial charge in [0.1, 0.15) is 5.82 Å². The summed E-state index contributed by atoms with van der Waals surface area (Å²) in [7, 11) is 0. The second kappa shape index (κ2) is 6.43. The molecule has 0 saturated carbocycles. The van der Waals surface area contributed by atoms with Gasteiger partial charge in [0.05, 0.1) is 4.47 Å². The Kier molecular flexibility index (Phi) is 4.39. The minimum absolute atomic E-state index is 0.396. The van der Waals surface area contributed by atoms with Gasteiger partial charge >= 0.3 is 0 Å². The summed E-state index contributed by atoms with van der Waals surface area (Å²) in [5.41, 5.74) is 2.87. The van der Waals surface area contributed by atoms with Crippen molar-refractivity contribution in [2.24, 2.45) is 0 Å². The zero-order valence-corrected chi connectivity index (χ0v) is 13.7. The third kappa shape index (κ3) is 3.35. The van der Waals surface area contributed by atoms with Crippen LogP contribution in [0.3, 0.4) is 0 Å². The van der Waals surface area contributed by atoms with Crippen LogP contribution in [-0.2, 0) is 12.8 Å². The van der Waals surface area contributed by atoms with Crippen molar-refractivity contribution in [3.8, 4) is 0 Å². The molecule has 0 bridgehead atoms. The summed E-state index contributed by atoms with van der Waals surface area (Å²) in [5, 5.41) is 6.76. The van der Waals surface area contributed by atoms with E-state index in [2.05, 4.69) is 67.7 Å². The van der Waals surface area contributed by atoms with E-state index in [1.54, 1.807) is 6.20 Å². The summed E-state index contributed by atoms with van der Waals surface area (Å²) >= 11 is 3.53. The fourth-order valence-corrected chi connectivity index (χ4v) is 2.95. The smallest absolute Gasteiger partial charge is 0.224 e. The lowest BCUT2D eigenvalue weighted by atomic mass is 10.1. The Labute approximate surface area is 133 Å². The maximum atomic E-state index is 4.56. The summed E-state index contributed by atoms with van der Waals surface area (Å²) < 4.78 is 0.903. The maximum absolute atomic E-state index is 4.56. The lowest BCUT2D eigenvalue weighted by molar-refractivity contribution is 0.767. The Morgan fingerprint density at radius 2 is 1.95 bits per heavy atom.